The lowest BCUT2D eigenvalue weighted by Crippen LogP contribution is -2.33. The lowest BCUT2D eigenvalue weighted by Gasteiger charge is -2.14. The molecule has 1 heterocycles. The second-order valence-corrected chi connectivity index (χ2v) is 6.62. The second kappa shape index (κ2) is 6.93. The van der Waals surface area contributed by atoms with Gasteiger partial charge >= 0.3 is 0 Å². The molecule has 1 aromatic rings. The number of anilines is 1. The van der Waals surface area contributed by atoms with E-state index in [1.165, 1.54) is 16.7 Å². The van der Waals surface area contributed by atoms with Gasteiger partial charge < -0.3 is 14.8 Å². The first-order chi connectivity index (χ1) is 10.4. The molecule has 0 spiro atoms. The lowest BCUT2D eigenvalue weighted by atomic mass is 10.2. The predicted octanol–water partition coefficient (Wildman–Crippen LogP) is 1.09. The number of carboxylic acids is 1. The fraction of sp³-hybridized carbons (Fsp3) is 0.267. The number of amides is 1. The third-order valence-corrected chi connectivity index (χ3v) is 4.50. The van der Waals surface area contributed by atoms with Crippen LogP contribution in [0.2, 0.25) is 0 Å². The Balaban J connectivity index is 2.13. The molecule has 116 valence electrons. The first-order valence-corrected chi connectivity index (χ1v) is 7.83. The minimum atomic E-state index is -1.20. The average molecular weight is 335 g/mol. The highest BCUT2D eigenvalue weighted by atomic mass is 32.2. The fourth-order valence-electron chi connectivity index (χ4n) is 1.92. The molecule has 2 rings (SSSR count). The largest absolute Gasteiger partial charge is 0.550 e. The van der Waals surface area contributed by atoms with E-state index in [2.05, 4.69) is 0 Å². The fourth-order valence-corrected chi connectivity index (χ4v) is 3.22. The van der Waals surface area contributed by atoms with Crippen LogP contribution in [0.1, 0.15) is 12.0 Å². The Labute approximate surface area is 138 Å². The van der Waals surface area contributed by atoms with Crippen molar-refractivity contribution in [2.45, 2.75) is 6.42 Å². The molecule has 1 aliphatic heterocycles. The maximum Gasteiger partial charge on any atom is 0.266 e. The van der Waals surface area contributed by atoms with Gasteiger partial charge in [-0.3, -0.25) is 9.69 Å². The van der Waals surface area contributed by atoms with Crippen LogP contribution in [0.4, 0.5) is 5.69 Å². The molecule has 1 aromatic carbocycles. The van der Waals surface area contributed by atoms with Gasteiger partial charge in [-0.2, -0.15) is 0 Å². The molecule has 22 heavy (non-hydrogen) atoms. The SMILES string of the molecule is CN(C)c1ccc(/C=C2\SC(=S)N(CCC(=O)[O-])C2=O)cc1. The van der Waals surface area contributed by atoms with Gasteiger partial charge in [0.2, 0.25) is 0 Å². The zero-order chi connectivity index (χ0) is 16.3. The van der Waals surface area contributed by atoms with Crippen molar-refractivity contribution in [3.8, 4) is 0 Å². The Morgan fingerprint density at radius 1 is 1.36 bits per heavy atom. The Morgan fingerprint density at radius 2 is 2.00 bits per heavy atom. The van der Waals surface area contributed by atoms with Crippen LogP contribution < -0.4 is 10.0 Å². The molecular weight excluding hydrogens is 320 g/mol. The van der Waals surface area contributed by atoms with E-state index in [1.807, 2.05) is 43.3 Å². The normalized spacial score (nSPS) is 16.5. The van der Waals surface area contributed by atoms with Crippen molar-refractivity contribution < 1.29 is 14.7 Å². The van der Waals surface area contributed by atoms with Crippen LogP contribution in [0.3, 0.4) is 0 Å². The number of benzene rings is 1. The van der Waals surface area contributed by atoms with E-state index in [-0.39, 0.29) is 18.9 Å². The van der Waals surface area contributed by atoms with Crippen LogP contribution in [0.25, 0.3) is 6.08 Å². The minimum Gasteiger partial charge on any atom is -0.550 e. The van der Waals surface area contributed by atoms with Gasteiger partial charge in [0.25, 0.3) is 5.91 Å². The Morgan fingerprint density at radius 3 is 2.55 bits per heavy atom. The summed E-state index contributed by atoms with van der Waals surface area (Å²) in [6.45, 7) is 0.0455. The lowest BCUT2D eigenvalue weighted by molar-refractivity contribution is -0.305. The molecule has 0 radical (unpaired) electrons. The van der Waals surface area contributed by atoms with Crippen LogP contribution in [0.15, 0.2) is 29.2 Å². The number of hydrogen-bond acceptors (Lipinski definition) is 6. The van der Waals surface area contributed by atoms with Crippen LogP contribution in [0.5, 0.6) is 0 Å². The third-order valence-electron chi connectivity index (χ3n) is 3.12. The Kier molecular flexibility index (Phi) is 5.20. The molecule has 0 saturated carbocycles. The second-order valence-electron chi connectivity index (χ2n) is 4.94. The Hall–Kier alpha value is -1.86. The standard InChI is InChI=1S/C15H16N2O3S2/c1-16(2)11-5-3-10(4-6-11)9-12-14(20)17(15(21)22-12)8-7-13(18)19/h3-6,9H,7-8H2,1-2H3,(H,18,19)/p-1/b12-9-. The van der Waals surface area contributed by atoms with Crippen LogP contribution in [-0.2, 0) is 9.59 Å². The first-order valence-electron chi connectivity index (χ1n) is 6.61. The molecule has 0 bridgehead atoms. The third kappa shape index (κ3) is 3.86. The van der Waals surface area contributed by atoms with E-state index >= 15 is 0 Å². The van der Waals surface area contributed by atoms with Gasteiger partial charge in [0.1, 0.15) is 4.32 Å². The zero-order valence-corrected chi connectivity index (χ0v) is 13.9. The van der Waals surface area contributed by atoms with E-state index in [1.54, 1.807) is 6.08 Å². The number of rotatable bonds is 5. The molecule has 5 nitrogen and oxygen atoms in total. The van der Waals surface area contributed by atoms with Crippen molar-refractivity contribution in [1.82, 2.24) is 4.90 Å². The number of aliphatic carboxylic acids is 1. The van der Waals surface area contributed by atoms with Crippen molar-refractivity contribution in [3.05, 3.63) is 34.7 Å². The summed E-state index contributed by atoms with van der Waals surface area (Å²) in [5.41, 5.74) is 1.96. The summed E-state index contributed by atoms with van der Waals surface area (Å²) in [5.74, 6) is -1.45. The number of thiocarbonyl (C=S) groups is 1. The molecule has 0 atom stereocenters. The predicted molar refractivity (Wildman–Crippen MR) is 90.3 cm³/mol. The molecule has 7 heteroatoms. The summed E-state index contributed by atoms with van der Waals surface area (Å²) in [5, 5.41) is 10.5. The first kappa shape index (κ1) is 16.5. The van der Waals surface area contributed by atoms with Crippen LogP contribution >= 0.6 is 24.0 Å². The van der Waals surface area contributed by atoms with Crippen molar-refractivity contribution >= 4 is 51.9 Å². The summed E-state index contributed by atoms with van der Waals surface area (Å²) in [7, 11) is 3.91. The van der Waals surface area contributed by atoms with Crippen molar-refractivity contribution in [2.24, 2.45) is 0 Å². The van der Waals surface area contributed by atoms with Crippen LogP contribution in [-0.4, -0.2) is 41.7 Å². The number of carbonyl (C=O) groups excluding carboxylic acids is 2. The highest BCUT2D eigenvalue weighted by Crippen LogP contribution is 2.32. The van der Waals surface area contributed by atoms with Crippen molar-refractivity contribution in [3.63, 3.8) is 0 Å². The number of nitrogens with zero attached hydrogens (tertiary/aromatic N) is 2. The highest BCUT2D eigenvalue weighted by molar-refractivity contribution is 8.26. The molecule has 0 unspecified atom stereocenters. The quantitative estimate of drug-likeness (QED) is 0.593. The molecule has 0 aliphatic carbocycles. The molecule has 0 aromatic heterocycles. The van der Waals surface area contributed by atoms with E-state index in [9.17, 15) is 14.7 Å². The summed E-state index contributed by atoms with van der Waals surface area (Å²) < 4.78 is 0.377. The summed E-state index contributed by atoms with van der Waals surface area (Å²) >= 11 is 6.31. The van der Waals surface area contributed by atoms with E-state index < -0.39 is 5.97 Å². The molecule has 0 N–H and O–H groups in total. The molecule has 1 aliphatic rings. The number of carboxylic acid groups (broad SMARTS) is 1. The smallest absolute Gasteiger partial charge is 0.266 e. The van der Waals surface area contributed by atoms with E-state index in [4.69, 9.17) is 12.2 Å². The van der Waals surface area contributed by atoms with Gasteiger partial charge in [0.15, 0.2) is 0 Å². The van der Waals surface area contributed by atoms with Gasteiger partial charge in [-0.05, 0) is 23.8 Å². The maximum absolute atomic E-state index is 12.2. The Bertz CT molecular complexity index is 639. The average Bonchev–Trinajstić information content (AvgIpc) is 2.72. The monoisotopic (exact) mass is 335 g/mol. The van der Waals surface area contributed by atoms with E-state index in [0.717, 1.165) is 11.3 Å². The molecule has 1 saturated heterocycles. The van der Waals surface area contributed by atoms with Crippen molar-refractivity contribution in [1.29, 1.82) is 0 Å². The zero-order valence-electron chi connectivity index (χ0n) is 12.2. The number of carbonyl (C=O) groups is 2. The summed E-state index contributed by atoms with van der Waals surface area (Å²) in [6, 6.07) is 7.76. The molecule has 1 fully saturated rings. The summed E-state index contributed by atoms with van der Waals surface area (Å²) in [6.07, 6.45) is 1.54. The number of hydrogen-bond donors (Lipinski definition) is 0. The van der Waals surface area contributed by atoms with Gasteiger partial charge in [0, 0.05) is 38.7 Å². The van der Waals surface area contributed by atoms with E-state index in [0.29, 0.717) is 9.23 Å². The summed E-state index contributed by atoms with van der Waals surface area (Å²) in [4.78, 5) is 26.5. The molecular formula is C15H15N2O3S2-. The topological polar surface area (TPSA) is 63.7 Å². The number of thioether (sulfide) groups is 1. The van der Waals surface area contributed by atoms with Gasteiger partial charge in [-0.15, -0.1) is 0 Å². The van der Waals surface area contributed by atoms with Crippen molar-refractivity contribution in [2.75, 3.05) is 25.5 Å². The van der Waals surface area contributed by atoms with Gasteiger partial charge in [-0.1, -0.05) is 36.1 Å². The van der Waals surface area contributed by atoms with Gasteiger partial charge in [0.05, 0.1) is 4.91 Å². The van der Waals surface area contributed by atoms with Crippen LogP contribution in [0, 0.1) is 0 Å². The maximum atomic E-state index is 12.2. The van der Waals surface area contributed by atoms with Gasteiger partial charge in [-0.25, -0.2) is 0 Å². The molecule has 1 amide bonds. The highest BCUT2D eigenvalue weighted by Gasteiger charge is 2.31. The minimum absolute atomic E-state index is 0.0455.